The van der Waals surface area contributed by atoms with Gasteiger partial charge in [-0.2, -0.15) is 5.26 Å². The molecule has 0 saturated carbocycles. The van der Waals surface area contributed by atoms with Crippen molar-refractivity contribution >= 4 is 6.09 Å². The molecular formula is C18H18N2O4. The second-order valence-corrected chi connectivity index (χ2v) is 5.04. The Morgan fingerprint density at radius 2 is 1.88 bits per heavy atom. The van der Waals surface area contributed by atoms with Crippen LogP contribution in [0, 0.1) is 11.3 Å². The Bertz CT molecular complexity index is 680. The molecule has 0 saturated heterocycles. The highest BCUT2D eigenvalue weighted by atomic mass is 16.5. The summed E-state index contributed by atoms with van der Waals surface area (Å²) in [5.74, 6) is 0.541. The lowest BCUT2D eigenvalue weighted by molar-refractivity contribution is 0.0965. The number of hydrogen-bond donors (Lipinski definition) is 2. The predicted molar refractivity (Wildman–Crippen MR) is 87.3 cm³/mol. The molecular weight excluding hydrogens is 308 g/mol. The van der Waals surface area contributed by atoms with Crippen molar-refractivity contribution in [2.45, 2.75) is 12.7 Å². The summed E-state index contributed by atoms with van der Waals surface area (Å²) in [5, 5.41) is 21.0. The van der Waals surface area contributed by atoms with Gasteiger partial charge in [-0.15, -0.1) is 0 Å². The molecule has 0 radical (unpaired) electrons. The monoisotopic (exact) mass is 326 g/mol. The maximum Gasteiger partial charge on any atom is 0.407 e. The molecule has 0 aliphatic heterocycles. The summed E-state index contributed by atoms with van der Waals surface area (Å²) in [6.07, 6.45) is -1.47. The van der Waals surface area contributed by atoms with Gasteiger partial charge in [-0.1, -0.05) is 30.3 Å². The number of nitriles is 1. The molecule has 2 aromatic carbocycles. The molecule has 1 amide bonds. The zero-order chi connectivity index (χ0) is 17.2. The number of ether oxygens (including phenoxy) is 2. The topological polar surface area (TPSA) is 91.6 Å². The first-order valence-electron chi connectivity index (χ1n) is 7.43. The zero-order valence-corrected chi connectivity index (χ0v) is 13.0. The quantitative estimate of drug-likeness (QED) is 0.814. The summed E-state index contributed by atoms with van der Waals surface area (Å²) >= 11 is 0. The van der Waals surface area contributed by atoms with Crippen LogP contribution in [0.5, 0.6) is 5.75 Å². The van der Waals surface area contributed by atoms with Crippen molar-refractivity contribution in [3.8, 4) is 11.8 Å². The molecule has 2 rings (SSSR count). The number of carbonyl (C=O) groups excluding carboxylic acids is 1. The molecule has 0 unspecified atom stereocenters. The summed E-state index contributed by atoms with van der Waals surface area (Å²) in [5.41, 5.74) is 1.42. The number of benzene rings is 2. The number of hydrogen-bond acceptors (Lipinski definition) is 5. The molecule has 24 heavy (non-hydrogen) atoms. The Hall–Kier alpha value is -3.04. The minimum atomic E-state index is -0.870. The van der Waals surface area contributed by atoms with Crippen molar-refractivity contribution in [1.29, 1.82) is 5.26 Å². The maximum atomic E-state index is 11.5. The minimum absolute atomic E-state index is 0.0178. The Morgan fingerprint density at radius 3 is 2.54 bits per heavy atom. The van der Waals surface area contributed by atoms with E-state index in [1.54, 1.807) is 24.3 Å². The lowest BCUT2D eigenvalue weighted by atomic mass is 10.2. The standard InChI is InChI=1S/C18H18N2O4/c19-10-14-6-8-17(9-7-14)23-13-16(21)11-20-18(22)24-12-15-4-2-1-3-5-15/h1-9,16,21H,11-13H2,(H,20,22)/t16-/m1/s1. The Kier molecular flexibility index (Phi) is 6.62. The van der Waals surface area contributed by atoms with E-state index in [4.69, 9.17) is 14.7 Å². The van der Waals surface area contributed by atoms with Crippen LogP contribution in [0.1, 0.15) is 11.1 Å². The van der Waals surface area contributed by atoms with Gasteiger partial charge in [0.25, 0.3) is 0 Å². The average Bonchev–Trinajstić information content (AvgIpc) is 2.64. The number of aliphatic hydroxyl groups is 1. The summed E-state index contributed by atoms with van der Waals surface area (Å²) < 4.78 is 10.4. The first-order valence-corrected chi connectivity index (χ1v) is 7.43. The second-order valence-electron chi connectivity index (χ2n) is 5.04. The van der Waals surface area contributed by atoms with Crippen LogP contribution in [0.15, 0.2) is 54.6 Å². The van der Waals surface area contributed by atoms with Gasteiger partial charge in [-0.3, -0.25) is 0 Å². The molecule has 1 atom stereocenters. The van der Waals surface area contributed by atoms with Gasteiger partial charge in [0.15, 0.2) is 0 Å². The normalized spacial score (nSPS) is 11.2. The van der Waals surface area contributed by atoms with E-state index < -0.39 is 12.2 Å². The van der Waals surface area contributed by atoms with E-state index in [1.807, 2.05) is 36.4 Å². The minimum Gasteiger partial charge on any atom is -0.491 e. The molecule has 0 spiro atoms. The number of nitrogens with zero attached hydrogens (tertiary/aromatic N) is 1. The van der Waals surface area contributed by atoms with Crippen LogP contribution >= 0.6 is 0 Å². The molecule has 2 aromatic rings. The lowest BCUT2D eigenvalue weighted by Gasteiger charge is -2.13. The van der Waals surface area contributed by atoms with Gasteiger partial charge < -0.3 is 19.9 Å². The van der Waals surface area contributed by atoms with Crippen molar-refractivity contribution in [2.24, 2.45) is 0 Å². The molecule has 6 nitrogen and oxygen atoms in total. The Balaban J connectivity index is 1.64. The lowest BCUT2D eigenvalue weighted by Crippen LogP contribution is -2.35. The van der Waals surface area contributed by atoms with Crippen LogP contribution in [0.4, 0.5) is 4.79 Å². The van der Waals surface area contributed by atoms with Crippen molar-refractivity contribution < 1.29 is 19.4 Å². The average molecular weight is 326 g/mol. The third-order valence-corrected chi connectivity index (χ3v) is 3.12. The molecule has 124 valence electrons. The molecule has 2 N–H and O–H groups in total. The highest BCUT2D eigenvalue weighted by molar-refractivity contribution is 5.67. The van der Waals surface area contributed by atoms with E-state index in [-0.39, 0.29) is 19.8 Å². The van der Waals surface area contributed by atoms with E-state index in [0.717, 1.165) is 5.56 Å². The molecule has 0 bridgehead atoms. The smallest absolute Gasteiger partial charge is 0.407 e. The fourth-order valence-corrected chi connectivity index (χ4v) is 1.85. The van der Waals surface area contributed by atoms with Gasteiger partial charge in [-0.05, 0) is 29.8 Å². The third-order valence-electron chi connectivity index (χ3n) is 3.12. The van der Waals surface area contributed by atoms with E-state index in [1.165, 1.54) is 0 Å². The summed E-state index contributed by atoms with van der Waals surface area (Å²) in [6, 6.07) is 17.9. The number of aliphatic hydroxyl groups excluding tert-OH is 1. The molecule has 0 heterocycles. The van der Waals surface area contributed by atoms with E-state index in [2.05, 4.69) is 5.32 Å². The largest absolute Gasteiger partial charge is 0.491 e. The van der Waals surface area contributed by atoms with Gasteiger partial charge in [0.2, 0.25) is 0 Å². The number of rotatable bonds is 7. The zero-order valence-electron chi connectivity index (χ0n) is 13.0. The highest BCUT2D eigenvalue weighted by Gasteiger charge is 2.09. The molecule has 0 aliphatic carbocycles. The van der Waals surface area contributed by atoms with Gasteiger partial charge >= 0.3 is 6.09 Å². The SMILES string of the molecule is N#Cc1ccc(OC[C@H](O)CNC(=O)OCc2ccccc2)cc1. The molecule has 6 heteroatoms. The molecule has 0 aromatic heterocycles. The van der Waals surface area contributed by atoms with Gasteiger partial charge in [-0.25, -0.2) is 4.79 Å². The van der Waals surface area contributed by atoms with E-state index in [9.17, 15) is 9.90 Å². The van der Waals surface area contributed by atoms with Crippen LogP contribution in [-0.2, 0) is 11.3 Å². The maximum absolute atomic E-state index is 11.5. The molecule has 0 fully saturated rings. The van der Waals surface area contributed by atoms with E-state index >= 15 is 0 Å². The van der Waals surface area contributed by atoms with Crippen LogP contribution in [-0.4, -0.2) is 30.5 Å². The van der Waals surface area contributed by atoms with Crippen molar-refractivity contribution in [3.63, 3.8) is 0 Å². The highest BCUT2D eigenvalue weighted by Crippen LogP contribution is 2.11. The van der Waals surface area contributed by atoms with Crippen LogP contribution < -0.4 is 10.1 Å². The second kappa shape index (κ2) is 9.18. The number of nitrogens with one attached hydrogen (secondary N) is 1. The van der Waals surface area contributed by atoms with E-state index in [0.29, 0.717) is 11.3 Å². The summed E-state index contributed by atoms with van der Waals surface area (Å²) in [4.78, 5) is 11.5. The summed E-state index contributed by atoms with van der Waals surface area (Å²) in [6.45, 7) is 0.208. The number of carbonyl (C=O) groups is 1. The van der Waals surface area contributed by atoms with Gasteiger partial charge in [0.05, 0.1) is 18.2 Å². The van der Waals surface area contributed by atoms with Crippen LogP contribution in [0.25, 0.3) is 0 Å². The van der Waals surface area contributed by atoms with Crippen LogP contribution in [0.2, 0.25) is 0 Å². The van der Waals surface area contributed by atoms with Crippen molar-refractivity contribution in [3.05, 3.63) is 65.7 Å². The number of amides is 1. The molecule has 0 aliphatic rings. The summed E-state index contributed by atoms with van der Waals surface area (Å²) in [7, 11) is 0. The Morgan fingerprint density at radius 1 is 1.17 bits per heavy atom. The van der Waals surface area contributed by atoms with Crippen LogP contribution in [0.3, 0.4) is 0 Å². The fraction of sp³-hybridized carbons (Fsp3) is 0.222. The first kappa shape index (κ1) is 17.3. The Labute approximate surface area is 140 Å². The van der Waals surface area contributed by atoms with Gasteiger partial charge in [0, 0.05) is 0 Å². The van der Waals surface area contributed by atoms with Crippen molar-refractivity contribution in [2.75, 3.05) is 13.2 Å². The van der Waals surface area contributed by atoms with Crippen molar-refractivity contribution in [1.82, 2.24) is 5.32 Å². The number of alkyl carbamates (subject to hydrolysis) is 1. The third kappa shape index (κ3) is 5.99. The van der Waals surface area contributed by atoms with Gasteiger partial charge in [0.1, 0.15) is 25.1 Å². The predicted octanol–water partition coefficient (Wildman–Crippen LogP) is 2.22. The fourth-order valence-electron chi connectivity index (χ4n) is 1.85. The first-order chi connectivity index (χ1) is 11.7.